The number of imidazole rings is 1. The molecule has 41 heavy (non-hydrogen) atoms. The van der Waals surface area contributed by atoms with Crippen LogP contribution in [0.15, 0.2) is 46.0 Å². The van der Waals surface area contributed by atoms with Gasteiger partial charge in [0.05, 0.1) is 11.6 Å². The van der Waals surface area contributed by atoms with E-state index in [9.17, 15) is 45.4 Å². The molecule has 0 saturated heterocycles. The fourth-order valence-corrected chi connectivity index (χ4v) is 4.04. The lowest BCUT2D eigenvalue weighted by Crippen LogP contribution is -2.39. The molecule has 0 fully saturated rings. The summed E-state index contributed by atoms with van der Waals surface area (Å²) < 4.78 is 104. The van der Waals surface area contributed by atoms with Gasteiger partial charge in [0.2, 0.25) is 0 Å². The maximum Gasteiger partial charge on any atom is 0.573 e. The molecule has 0 aliphatic heterocycles. The van der Waals surface area contributed by atoms with Crippen molar-refractivity contribution >= 4 is 22.8 Å². The highest BCUT2D eigenvalue weighted by Gasteiger charge is 2.39. The number of nitrogens with one attached hydrogen (secondary N) is 1. The Balaban J connectivity index is 1.81. The Morgan fingerprint density at radius 2 is 1.76 bits per heavy atom. The molecule has 4 rings (SSSR count). The summed E-state index contributed by atoms with van der Waals surface area (Å²) in [6.45, 7) is 0.116. The number of ether oxygens (including phenoxy) is 2. The Kier molecular flexibility index (Phi) is 7.84. The van der Waals surface area contributed by atoms with Gasteiger partial charge in [-0.15, -0.1) is 13.2 Å². The van der Waals surface area contributed by atoms with E-state index in [2.05, 4.69) is 9.72 Å². The molecule has 0 spiro atoms. The standard InChI is InChI=1S/C24H18ClF7N4O5/c1-10(11-3-5-13(25)14(26)7-11)40-15-6-4-12(8-16(15)41-24(30,31)32)19-33-20-18(35(19)2)21(38)34-22(39)36(20)9-17(37)23(27,28)29/h3-8,10,17,37H,9H2,1-2H3,(H,34,38,39). The Labute approximate surface area is 229 Å². The van der Waals surface area contributed by atoms with Gasteiger partial charge < -0.3 is 19.1 Å². The Morgan fingerprint density at radius 3 is 2.37 bits per heavy atom. The van der Waals surface area contributed by atoms with Crippen molar-refractivity contribution in [2.24, 2.45) is 7.05 Å². The predicted molar refractivity (Wildman–Crippen MR) is 130 cm³/mol. The SMILES string of the molecule is CC(Oc1ccc(-c2nc3c(c(=O)[nH]c(=O)n3CC(O)C(F)(F)F)n2C)cc1OC(F)(F)F)c1ccc(Cl)c(F)c1. The summed E-state index contributed by atoms with van der Waals surface area (Å²) in [5.41, 5.74) is -3.17. The van der Waals surface area contributed by atoms with Crippen LogP contribution in [0.3, 0.4) is 0 Å². The predicted octanol–water partition coefficient (Wildman–Crippen LogP) is 4.84. The van der Waals surface area contributed by atoms with E-state index in [1.165, 1.54) is 32.2 Å². The minimum Gasteiger partial charge on any atom is -0.482 e. The first kappa shape index (κ1) is 29.9. The molecule has 0 aliphatic carbocycles. The molecule has 2 heterocycles. The second-order valence-electron chi connectivity index (χ2n) is 8.74. The summed E-state index contributed by atoms with van der Waals surface area (Å²) in [6.07, 6.45) is -14.3. The van der Waals surface area contributed by atoms with Crippen LogP contribution in [0.4, 0.5) is 30.7 Å². The van der Waals surface area contributed by atoms with E-state index in [4.69, 9.17) is 16.3 Å². The van der Waals surface area contributed by atoms with Crippen molar-refractivity contribution in [2.75, 3.05) is 0 Å². The average molecular weight is 611 g/mol. The second kappa shape index (κ2) is 10.7. The molecule has 2 aromatic heterocycles. The molecule has 2 aromatic carbocycles. The van der Waals surface area contributed by atoms with Crippen LogP contribution in [-0.2, 0) is 13.6 Å². The smallest absolute Gasteiger partial charge is 0.482 e. The van der Waals surface area contributed by atoms with E-state index >= 15 is 0 Å². The molecule has 0 saturated carbocycles. The summed E-state index contributed by atoms with van der Waals surface area (Å²) in [5, 5.41) is 9.29. The monoisotopic (exact) mass is 610 g/mol. The average Bonchev–Trinajstić information content (AvgIpc) is 3.20. The number of hydrogen-bond donors (Lipinski definition) is 2. The van der Waals surface area contributed by atoms with Gasteiger partial charge in [0, 0.05) is 12.6 Å². The Morgan fingerprint density at radius 1 is 1.07 bits per heavy atom. The summed E-state index contributed by atoms with van der Waals surface area (Å²) in [4.78, 5) is 30.6. The highest BCUT2D eigenvalue weighted by atomic mass is 35.5. The molecule has 9 nitrogen and oxygen atoms in total. The number of benzene rings is 2. The highest BCUT2D eigenvalue weighted by molar-refractivity contribution is 6.30. The first-order valence-electron chi connectivity index (χ1n) is 11.4. The lowest BCUT2D eigenvalue weighted by molar-refractivity contribution is -0.275. The Hall–Kier alpha value is -4.05. The van der Waals surface area contributed by atoms with Crippen molar-refractivity contribution < 1.29 is 45.3 Å². The van der Waals surface area contributed by atoms with E-state index in [-0.39, 0.29) is 22.0 Å². The number of alkyl halides is 6. The zero-order valence-corrected chi connectivity index (χ0v) is 21.5. The maximum absolute atomic E-state index is 13.9. The van der Waals surface area contributed by atoms with Crippen molar-refractivity contribution in [1.82, 2.24) is 19.1 Å². The van der Waals surface area contributed by atoms with Gasteiger partial charge in [-0.2, -0.15) is 13.2 Å². The van der Waals surface area contributed by atoms with Gasteiger partial charge in [0.25, 0.3) is 5.56 Å². The van der Waals surface area contributed by atoms with Gasteiger partial charge in [-0.05, 0) is 42.8 Å². The minimum absolute atomic E-state index is 0.116. The minimum atomic E-state index is -5.19. The normalized spacial score (nSPS) is 13.8. The third-order valence-corrected chi connectivity index (χ3v) is 6.20. The van der Waals surface area contributed by atoms with E-state index < -0.39 is 71.0 Å². The van der Waals surface area contributed by atoms with Crippen molar-refractivity contribution in [1.29, 1.82) is 0 Å². The molecule has 0 amide bonds. The topological polar surface area (TPSA) is 111 Å². The molecule has 220 valence electrons. The van der Waals surface area contributed by atoms with Crippen LogP contribution in [0.25, 0.3) is 22.6 Å². The van der Waals surface area contributed by atoms with E-state index in [1.807, 2.05) is 4.98 Å². The largest absolute Gasteiger partial charge is 0.573 e. The van der Waals surface area contributed by atoms with Crippen molar-refractivity contribution in [3.8, 4) is 22.9 Å². The summed E-state index contributed by atoms with van der Waals surface area (Å²) >= 11 is 5.66. The summed E-state index contributed by atoms with van der Waals surface area (Å²) in [6, 6.07) is 6.82. The number of aliphatic hydroxyl groups excluding tert-OH is 1. The third-order valence-electron chi connectivity index (χ3n) is 5.89. The molecule has 2 N–H and O–H groups in total. The Bertz CT molecular complexity index is 1730. The van der Waals surface area contributed by atoms with Crippen LogP contribution in [-0.4, -0.2) is 42.9 Å². The number of aromatic nitrogens is 4. The lowest BCUT2D eigenvalue weighted by atomic mass is 10.1. The van der Waals surface area contributed by atoms with Gasteiger partial charge >= 0.3 is 18.2 Å². The number of nitrogens with zero attached hydrogens (tertiary/aromatic N) is 3. The highest BCUT2D eigenvalue weighted by Crippen LogP contribution is 2.38. The molecule has 2 unspecified atom stereocenters. The van der Waals surface area contributed by atoms with Crippen LogP contribution in [0.1, 0.15) is 18.6 Å². The fraction of sp³-hybridized carbons (Fsp3) is 0.292. The van der Waals surface area contributed by atoms with Gasteiger partial charge in [-0.25, -0.2) is 14.2 Å². The number of hydrogen-bond acceptors (Lipinski definition) is 6. The zero-order valence-electron chi connectivity index (χ0n) is 20.8. The number of aromatic amines is 1. The van der Waals surface area contributed by atoms with Crippen LogP contribution in [0.5, 0.6) is 11.5 Å². The number of H-pyrrole nitrogens is 1. The molecule has 2 atom stereocenters. The molecule has 0 bridgehead atoms. The van der Waals surface area contributed by atoms with Crippen LogP contribution >= 0.6 is 11.6 Å². The number of fused-ring (bicyclic) bond motifs is 1. The first-order valence-corrected chi connectivity index (χ1v) is 11.8. The van der Waals surface area contributed by atoms with Gasteiger partial charge in [-0.3, -0.25) is 14.3 Å². The quantitative estimate of drug-likeness (QED) is 0.290. The van der Waals surface area contributed by atoms with E-state index in [0.29, 0.717) is 4.57 Å². The third kappa shape index (κ3) is 6.32. The van der Waals surface area contributed by atoms with Gasteiger partial charge in [0.1, 0.15) is 17.7 Å². The van der Waals surface area contributed by atoms with Crippen molar-refractivity contribution in [2.45, 2.75) is 38.2 Å². The molecule has 0 aliphatic rings. The molecular formula is C24H18ClF7N4O5. The van der Waals surface area contributed by atoms with Crippen LogP contribution in [0.2, 0.25) is 5.02 Å². The molecule has 0 radical (unpaired) electrons. The van der Waals surface area contributed by atoms with E-state index in [0.717, 1.165) is 22.8 Å². The van der Waals surface area contributed by atoms with Gasteiger partial charge in [0.15, 0.2) is 28.8 Å². The molecule has 4 aromatic rings. The van der Waals surface area contributed by atoms with Gasteiger partial charge in [-0.1, -0.05) is 17.7 Å². The first-order chi connectivity index (χ1) is 19.0. The fourth-order valence-electron chi connectivity index (χ4n) is 3.92. The summed E-state index contributed by atoms with van der Waals surface area (Å²) in [5.74, 6) is -2.30. The van der Waals surface area contributed by atoms with Crippen LogP contribution in [0, 0.1) is 5.82 Å². The van der Waals surface area contributed by atoms with Crippen molar-refractivity contribution in [3.63, 3.8) is 0 Å². The molecular weight excluding hydrogens is 593 g/mol. The lowest BCUT2D eigenvalue weighted by Gasteiger charge is -2.19. The van der Waals surface area contributed by atoms with Crippen molar-refractivity contribution in [3.05, 3.63) is 73.6 Å². The number of aliphatic hydroxyl groups is 1. The zero-order chi connectivity index (χ0) is 30.4. The number of aryl methyl sites for hydroxylation is 1. The van der Waals surface area contributed by atoms with Crippen LogP contribution < -0.4 is 20.7 Å². The van der Waals surface area contributed by atoms with E-state index in [1.54, 1.807) is 0 Å². The molecule has 17 heteroatoms. The number of rotatable bonds is 7. The number of halogens is 8. The second-order valence-corrected chi connectivity index (χ2v) is 9.14. The summed E-state index contributed by atoms with van der Waals surface area (Å²) in [7, 11) is 1.24. The maximum atomic E-state index is 13.9.